The molecule has 0 bridgehead atoms. The average molecular weight is 372 g/mol. The topological polar surface area (TPSA) is 25.8 Å². The van der Waals surface area contributed by atoms with Gasteiger partial charge in [0.25, 0.3) is 0 Å². The second-order valence-corrected chi connectivity index (χ2v) is 6.81. The van der Waals surface area contributed by atoms with E-state index in [2.05, 4.69) is 25.9 Å². The molecule has 3 rings (SSSR count). The van der Waals surface area contributed by atoms with E-state index in [0.717, 1.165) is 20.7 Å². The summed E-state index contributed by atoms with van der Waals surface area (Å²) in [6, 6.07) is 4.76. The van der Waals surface area contributed by atoms with Crippen molar-refractivity contribution in [2.75, 3.05) is 0 Å². The van der Waals surface area contributed by atoms with Crippen molar-refractivity contribution in [3.63, 3.8) is 0 Å². The third-order valence-corrected chi connectivity index (χ3v) is 5.21. The second-order valence-electron chi connectivity index (χ2n) is 4.40. The van der Waals surface area contributed by atoms with Gasteiger partial charge in [0, 0.05) is 9.35 Å². The fraction of sp³-hybridized carbons (Fsp3) is 0.143. The monoisotopic (exact) mass is 370 g/mol. The van der Waals surface area contributed by atoms with E-state index in [1.165, 1.54) is 6.07 Å². The molecule has 20 heavy (non-hydrogen) atoms. The molecule has 0 spiro atoms. The molecule has 0 saturated heterocycles. The van der Waals surface area contributed by atoms with Crippen molar-refractivity contribution in [2.24, 2.45) is 0 Å². The van der Waals surface area contributed by atoms with Crippen LogP contribution in [0.3, 0.4) is 0 Å². The number of hydrogen-bond donors (Lipinski definition) is 0. The maximum Gasteiger partial charge on any atom is 0.166 e. The van der Waals surface area contributed by atoms with Crippen molar-refractivity contribution in [2.45, 2.75) is 13.8 Å². The third-order valence-electron chi connectivity index (χ3n) is 3.17. The average Bonchev–Trinajstić information content (AvgIpc) is 2.65. The van der Waals surface area contributed by atoms with E-state index in [-0.39, 0.29) is 5.82 Å². The van der Waals surface area contributed by atoms with Crippen molar-refractivity contribution in [3.05, 3.63) is 44.1 Å². The number of halogens is 3. The maximum absolute atomic E-state index is 14.0. The van der Waals surface area contributed by atoms with Crippen LogP contribution in [0, 0.1) is 19.7 Å². The van der Waals surface area contributed by atoms with Gasteiger partial charge in [0.2, 0.25) is 0 Å². The summed E-state index contributed by atoms with van der Waals surface area (Å²) >= 11 is 11.1. The minimum atomic E-state index is -0.375. The summed E-state index contributed by atoms with van der Waals surface area (Å²) in [6.07, 6.45) is 0. The van der Waals surface area contributed by atoms with Gasteiger partial charge in [0.05, 0.1) is 10.9 Å². The number of aromatic nitrogens is 2. The van der Waals surface area contributed by atoms with Crippen LogP contribution >= 0.6 is 38.9 Å². The van der Waals surface area contributed by atoms with E-state index in [0.29, 0.717) is 21.0 Å². The first-order chi connectivity index (χ1) is 9.49. The maximum atomic E-state index is 14.0. The molecule has 6 heteroatoms. The van der Waals surface area contributed by atoms with Gasteiger partial charge in [-0.05, 0) is 47.5 Å². The fourth-order valence-electron chi connectivity index (χ4n) is 2.02. The second kappa shape index (κ2) is 5.06. The number of rotatable bonds is 1. The Morgan fingerprint density at radius 1 is 1.25 bits per heavy atom. The van der Waals surface area contributed by atoms with Crippen LogP contribution in [-0.4, -0.2) is 9.97 Å². The first-order valence-electron chi connectivity index (χ1n) is 5.86. The van der Waals surface area contributed by atoms with Crippen molar-refractivity contribution in [3.8, 4) is 11.4 Å². The lowest BCUT2D eigenvalue weighted by molar-refractivity contribution is 0.629. The summed E-state index contributed by atoms with van der Waals surface area (Å²) in [5.41, 5.74) is 1.41. The molecule has 2 heterocycles. The van der Waals surface area contributed by atoms with Gasteiger partial charge in [-0.25, -0.2) is 14.4 Å². The van der Waals surface area contributed by atoms with E-state index in [1.807, 2.05) is 13.8 Å². The molecule has 102 valence electrons. The lowest BCUT2D eigenvalue weighted by Crippen LogP contribution is -1.94. The van der Waals surface area contributed by atoms with Crippen LogP contribution in [0.15, 0.2) is 22.7 Å². The summed E-state index contributed by atoms with van der Waals surface area (Å²) in [7, 11) is 0. The van der Waals surface area contributed by atoms with Crippen LogP contribution in [0.5, 0.6) is 0 Å². The smallest absolute Gasteiger partial charge is 0.166 e. The zero-order valence-electron chi connectivity index (χ0n) is 10.7. The predicted octanol–water partition coefficient (Wildman–Crippen LogP) is 5.53. The molecule has 0 aliphatic rings. The van der Waals surface area contributed by atoms with Crippen molar-refractivity contribution in [1.82, 2.24) is 9.97 Å². The molecular weight excluding hydrogens is 363 g/mol. The quantitative estimate of drug-likeness (QED) is 0.526. The number of aryl methyl sites for hydroxylation is 2. The highest BCUT2D eigenvalue weighted by Gasteiger charge is 2.17. The van der Waals surface area contributed by atoms with Gasteiger partial charge < -0.3 is 0 Å². The van der Waals surface area contributed by atoms with Gasteiger partial charge in [-0.15, -0.1) is 11.3 Å². The molecule has 2 nitrogen and oxygen atoms in total. The van der Waals surface area contributed by atoms with E-state index in [9.17, 15) is 4.39 Å². The van der Waals surface area contributed by atoms with Crippen molar-refractivity contribution >= 4 is 49.1 Å². The zero-order chi connectivity index (χ0) is 14.4. The standard InChI is InChI=1S/C14H9BrClFN2S/c1-6-7(2)20-14-10(6)12(16)18-13(19-14)11-8(15)4-3-5-9(11)17/h3-5H,1-2H3. The Balaban J connectivity index is 2.34. The van der Waals surface area contributed by atoms with Gasteiger partial charge in [0.1, 0.15) is 15.8 Å². The lowest BCUT2D eigenvalue weighted by Gasteiger charge is -2.06. The van der Waals surface area contributed by atoms with Crippen molar-refractivity contribution in [1.29, 1.82) is 0 Å². The number of thiophene rings is 1. The first kappa shape index (κ1) is 13.9. The van der Waals surface area contributed by atoms with Crippen LogP contribution in [0.2, 0.25) is 5.15 Å². The number of hydrogen-bond acceptors (Lipinski definition) is 3. The van der Waals surface area contributed by atoms with E-state index in [4.69, 9.17) is 11.6 Å². The minimum absolute atomic E-state index is 0.300. The molecule has 1 aromatic carbocycles. The third kappa shape index (κ3) is 2.14. The predicted molar refractivity (Wildman–Crippen MR) is 85.0 cm³/mol. The first-order valence-corrected chi connectivity index (χ1v) is 7.85. The van der Waals surface area contributed by atoms with Crippen molar-refractivity contribution < 1.29 is 4.39 Å². The number of nitrogens with zero attached hydrogens (tertiary/aromatic N) is 2. The zero-order valence-corrected chi connectivity index (χ0v) is 13.8. The van der Waals surface area contributed by atoms with Crippen LogP contribution in [0.4, 0.5) is 4.39 Å². The largest absolute Gasteiger partial charge is 0.217 e. The van der Waals surface area contributed by atoms with E-state index < -0.39 is 0 Å². The lowest BCUT2D eigenvalue weighted by atomic mass is 10.2. The summed E-state index contributed by atoms with van der Waals surface area (Å²) < 4.78 is 14.6. The molecule has 0 saturated carbocycles. The Kier molecular flexibility index (Phi) is 3.52. The fourth-order valence-corrected chi connectivity index (χ4v) is 3.94. The SMILES string of the molecule is Cc1sc2nc(-c3c(F)cccc3Br)nc(Cl)c2c1C. The highest BCUT2D eigenvalue weighted by atomic mass is 79.9. The van der Waals surface area contributed by atoms with Crippen LogP contribution in [0.1, 0.15) is 10.4 Å². The van der Waals surface area contributed by atoms with Gasteiger partial charge in [0.15, 0.2) is 5.82 Å². The Labute approximate surface area is 132 Å². The number of benzene rings is 1. The molecular formula is C14H9BrClFN2S. The molecule has 0 atom stereocenters. The normalized spacial score (nSPS) is 11.2. The highest BCUT2D eigenvalue weighted by Crippen LogP contribution is 2.36. The van der Waals surface area contributed by atoms with Gasteiger partial charge in [-0.3, -0.25) is 0 Å². The molecule has 0 aliphatic heterocycles. The molecule has 3 aromatic rings. The van der Waals surface area contributed by atoms with Gasteiger partial charge >= 0.3 is 0 Å². The summed E-state index contributed by atoms with van der Waals surface area (Å²) in [5.74, 6) is -0.0754. The van der Waals surface area contributed by atoms with Gasteiger partial charge in [-0.1, -0.05) is 17.7 Å². The highest BCUT2D eigenvalue weighted by molar-refractivity contribution is 9.10. The summed E-state index contributed by atoms with van der Waals surface area (Å²) in [5, 5.41) is 1.22. The molecule has 2 aromatic heterocycles. The summed E-state index contributed by atoms with van der Waals surface area (Å²) in [6.45, 7) is 4.00. The van der Waals surface area contributed by atoms with Crippen LogP contribution in [-0.2, 0) is 0 Å². The molecule has 0 N–H and O–H groups in total. The molecule has 0 radical (unpaired) electrons. The molecule has 0 unspecified atom stereocenters. The molecule has 0 amide bonds. The Hall–Kier alpha value is -1.04. The van der Waals surface area contributed by atoms with Gasteiger partial charge in [-0.2, -0.15) is 0 Å². The van der Waals surface area contributed by atoms with E-state index in [1.54, 1.807) is 23.5 Å². The van der Waals surface area contributed by atoms with Crippen LogP contribution in [0.25, 0.3) is 21.6 Å². The summed E-state index contributed by atoms with van der Waals surface area (Å²) in [4.78, 5) is 10.6. The molecule has 0 aliphatic carbocycles. The Morgan fingerprint density at radius 3 is 2.70 bits per heavy atom. The Morgan fingerprint density at radius 2 is 2.00 bits per heavy atom. The van der Waals surface area contributed by atoms with Crippen LogP contribution < -0.4 is 0 Å². The van der Waals surface area contributed by atoms with E-state index >= 15 is 0 Å². The molecule has 0 fully saturated rings. The Bertz CT molecular complexity index is 811. The minimum Gasteiger partial charge on any atom is -0.217 e. The number of fused-ring (bicyclic) bond motifs is 1.